The fraction of sp³-hybridized carbons (Fsp3) is 0.250. The molecule has 0 atom stereocenters. The molecule has 2 heterocycles. The maximum absolute atomic E-state index is 5.27. The molecule has 2 aromatic rings. The molecule has 2 rings (SSSR count). The van der Waals surface area contributed by atoms with Crippen molar-refractivity contribution < 1.29 is 4.84 Å². The van der Waals surface area contributed by atoms with Crippen molar-refractivity contribution in [1.82, 2.24) is 14.7 Å². The van der Waals surface area contributed by atoms with Crippen molar-refractivity contribution in [3.05, 3.63) is 24.7 Å². The molecule has 0 saturated carbocycles. The number of rotatable bonds is 2. The minimum absolute atomic E-state index is 0.625. The third-order valence-corrected chi connectivity index (χ3v) is 1.56. The van der Waals surface area contributed by atoms with E-state index in [4.69, 9.17) is 4.84 Å². The van der Waals surface area contributed by atoms with Crippen LogP contribution in [0, 0.1) is 0 Å². The third-order valence-electron chi connectivity index (χ3n) is 1.56. The second kappa shape index (κ2) is 2.81. The molecule has 0 N–H and O–H groups in total. The Labute approximate surface area is 69.8 Å². The van der Waals surface area contributed by atoms with E-state index in [2.05, 4.69) is 9.97 Å². The number of imidazole rings is 1. The Morgan fingerprint density at radius 2 is 2.42 bits per heavy atom. The average Bonchev–Trinajstić information content (AvgIpc) is 2.50. The molecule has 0 aliphatic rings. The fourth-order valence-corrected chi connectivity index (χ4v) is 1.07. The Morgan fingerprint density at radius 1 is 1.50 bits per heavy atom. The van der Waals surface area contributed by atoms with Gasteiger partial charge in [0, 0.05) is 6.20 Å². The second-order valence-electron chi connectivity index (χ2n) is 2.33. The second-order valence-corrected chi connectivity index (χ2v) is 2.33. The molecule has 0 radical (unpaired) electrons. The van der Waals surface area contributed by atoms with Crippen molar-refractivity contribution in [3.63, 3.8) is 0 Å². The number of pyridine rings is 1. The zero-order valence-corrected chi connectivity index (χ0v) is 6.77. The topological polar surface area (TPSA) is 39.9 Å². The van der Waals surface area contributed by atoms with E-state index in [1.54, 1.807) is 17.3 Å². The third kappa shape index (κ3) is 1.01. The van der Waals surface area contributed by atoms with Gasteiger partial charge in [-0.15, -0.1) is 0 Å². The normalized spacial score (nSPS) is 10.4. The summed E-state index contributed by atoms with van der Waals surface area (Å²) < 4.78 is 1.63. The molecule has 4 nitrogen and oxygen atoms in total. The molecule has 0 unspecified atom stereocenters. The van der Waals surface area contributed by atoms with Gasteiger partial charge in [0.2, 0.25) is 0 Å². The first-order valence-electron chi connectivity index (χ1n) is 3.83. The molecule has 0 amide bonds. The van der Waals surface area contributed by atoms with E-state index in [1.807, 2.05) is 19.1 Å². The van der Waals surface area contributed by atoms with Crippen LogP contribution in [0.25, 0.3) is 11.2 Å². The minimum Gasteiger partial charge on any atom is -0.413 e. The first-order chi connectivity index (χ1) is 5.92. The molecule has 4 heteroatoms. The van der Waals surface area contributed by atoms with E-state index >= 15 is 0 Å². The summed E-state index contributed by atoms with van der Waals surface area (Å²) in [6.45, 7) is 2.56. The monoisotopic (exact) mass is 163 g/mol. The molecule has 0 aromatic carbocycles. The highest BCUT2D eigenvalue weighted by atomic mass is 16.7. The number of aromatic nitrogens is 3. The van der Waals surface area contributed by atoms with Crippen LogP contribution in [0.2, 0.25) is 0 Å². The van der Waals surface area contributed by atoms with Gasteiger partial charge in [-0.3, -0.25) is 0 Å². The van der Waals surface area contributed by atoms with Gasteiger partial charge in [0.15, 0.2) is 5.65 Å². The Balaban J connectivity index is 2.55. The Kier molecular flexibility index (Phi) is 1.66. The standard InChI is InChI=1S/C8H9N3O/c1-2-12-11-6-10-8-7(11)4-3-5-9-8/h3-6H,2H2,1H3. The molecule has 62 valence electrons. The molecule has 2 aromatic heterocycles. The average molecular weight is 163 g/mol. The Hall–Kier alpha value is -1.58. The van der Waals surface area contributed by atoms with E-state index in [9.17, 15) is 0 Å². The molecule has 0 aliphatic carbocycles. The van der Waals surface area contributed by atoms with E-state index in [0.717, 1.165) is 5.52 Å². The van der Waals surface area contributed by atoms with Gasteiger partial charge in [0.1, 0.15) is 18.5 Å². The van der Waals surface area contributed by atoms with Gasteiger partial charge in [-0.2, -0.15) is 4.73 Å². The molecule has 0 saturated heterocycles. The number of hydrogen-bond acceptors (Lipinski definition) is 3. The predicted octanol–water partition coefficient (Wildman–Crippen LogP) is 0.880. The largest absolute Gasteiger partial charge is 0.413 e. The summed E-state index contributed by atoms with van der Waals surface area (Å²) in [5.41, 5.74) is 1.62. The zero-order valence-electron chi connectivity index (χ0n) is 6.77. The van der Waals surface area contributed by atoms with E-state index in [1.165, 1.54) is 0 Å². The van der Waals surface area contributed by atoms with Crippen molar-refractivity contribution >= 4 is 11.2 Å². The molecule has 12 heavy (non-hydrogen) atoms. The lowest BCUT2D eigenvalue weighted by atomic mass is 10.4. The van der Waals surface area contributed by atoms with Gasteiger partial charge in [-0.05, 0) is 19.1 Å². The zero-order chi connectivity index (χ0) is 8.39. The van der Waals surface area contributed by atoms with Crippen molar-refractivity contribution in [2.24, 2.45) is 0 Å². The summed E-state index contributed by atoms with van der Waals surface area (Å²) in [5, 5.41) is 0. The first kappa shape index (κ1) is 7.09. The van der Waals surface area contributed by atoms with Crippen LogP contribution in [0.3, 0.4) is 0 Å². The number of hydrogen-bond donors (Lipinski definition) is 0. The minimum atomic E-state index is 0.625. The highest BCUT2D eigenvalue weighted by molar-refractivity contribution is 5.69. The SMILES string of the molecule is CCOn1cnc2ncccc21. The smallest absolute Gasteiger partial charge is 0.181 e. The van der Waals surface area contributed by atoms with Crippen LogP contribution in [-0.4, -0.2) is 21.3 Å². The van der Waals surface area contributed by atoms with Crippen LogP contribution in [0.5, 0.6) is 0 Å². The van der Waals surface area contributed by atoms with Crippen molar-refractivity contribution in [2.45, 2.75) is 6.92 Å². The Bertz CT molecular complexity index is 382. The summed E-state index contributed by atoms with van der Waals surface area (Å²) in [6, 6.07) is 3.78. The summed E-state index contributed by atoms with van der Waals surface area (Å²) in [4.78, 5) is 13.4. The van der Waals surface area contributed by atoms with Crippen molar-refractivity contribution in [1.29, 1.82) is 0 Å². The molecular weight excluding hydrogens is 154 g/mol. The van der Waals surface area contributed by atoms with Gasteiger partial charge in [0.05, 0.1) is 0 Å². The van der Waals surface area contributed by atoms with Crippen LogP contribution in [-0.2, 0) is 0 Å². The first-order valence-corrected chi connectivity index (χ1v) is 3.83. The highest BCUT2D eigenvalue weighted by Crippen LogP contribution is 2.06. The van der Waals surface area contributed by atoms with Gasteiger partial charge in [0.25, 0.3) is 0 Å². The van der Waals surface area contributed by atoms with E-state index in [-0.39, 0.29) is 0 Å². The quantitative estimate of drug-likeness (QED) is 0.659. The lowest BCUT2D eigenvalue weighted by Crippen LogP contribution is -2.08. The fourth-order valence-electron chi connectivity index (χ4n) is 1.07. The van der Waals surface area contributed by atoms with Crippen molar-refractivity contribution in [2.75, 3.05) is 6.61 Å². The summed E-state index contributed by atoms with van der Waals surface area (Å²) in [5.74, 6) is 0. The molecule has 0 bridgehead atoms. The van der Waals surface area contributed by atoms with Gasteiger partial charge < -0.3 is 4.84 Å². The highest BCUT2D eigenvalue weighted by Gasteiger charge is 2.00. The summed E-state index contributed by atoms with van der Waals surface area (Å²) >= 11 is 0. The van der Waals surface area contributed by atoms with Gasteiger partial charge in [-0.1, -0.05) is 0 Å². The van der Waals surface area contributed by atoms with Crippen LogP contribution in [0.15, 0.2) is 24.7 Å². The van der Waals surface area contributed by atoms with E-state index < -0.39 is 0 Å². The lowest BCUT2D eigenvalue weighted by Gasteiger charge is -2.01. The lowest BCUT2D eigenvalue weighted by molar-refractivity contribution is 0.131. The maximum Gasteiger partial charge on any atom is 0.181 e. The van der Waals surface area contributed by atoms with Crippen LogP contribution < -0.4 is 4.84 Å². The Morgan fingerprint density at radius 3 is 3.25 bits per heavy atom. The maximum atomic E-state index is 5.27. The predicted molar refractivity (Wildman–Crippen MR) is 44.6 cm³/mol. The molecule has 0 fully saturated rings. The number of fused-ring (bicyclic) bond motifs is 1. The van der Waals surface area contributed by atoms with Crippen LogP contribution in [0.4, 0.5) is 0 Å². The summed E-state index contributed by atoms with van der Waals surface area (Å²) in [7, 11) is 0. The van der Waals surface area contributed by atoms with Gasteiger partial charge >= 0.3 is 0 Å². The number of nitrogens with zero attached hydrogens (tertiary/aromatic N) is 3. The summed E-state index contributed by atoms with van der Waals surface area (Å²) in [6.07, 6.45) is 3.34. The van der Waals surface area contributed by atoms with E-state index in [0.29, 0.717) is 12.3 Å². The van der Waals surface area contributed by atoms with Crippen molar-refractivity contribution in [3.8, 4) is 0 Å². The molecule has 0 aliphatic heterocycles. The molecular formula is C8H9N3O. The van der Waals surface area contributed by atoms with Crippen LogP contribution in [0.1, 0.15) is 6.92 Å². The molecule has 0 spiro atoms. The van der Waals surface area contributed by atoms with Gasteiger partial charge in [-0.25, -0.2) is 9.97 Å². The van der Waals surface area contributed by atoms with Crippen LogP contribution >= 0.6 is 0 Å².